The predicted octanol–water partition coefficient (Wildman–Crippen LogP) is 2.09. The minimum atomic E-state index is -1.06. The third kappa shape index (κ3) is 6.12. The normalized spacial score (nSPS) is 12.4. The van der Waals surface area contributed by atoms with Crippen LogP contribution in [0.2, 0.25) is 0 Å². The number of benzene rings is 1. The highest BCUT2D eigenvalue weighted by Gasteiger charge is 2.24. The van der Waals surface area contributed by atoms with Crippen molar-refractivity contribution >= 4 is 17.7 Å². The molecule has 0 spiro atoms. The molecule has 0 bridgehead atoms. The molecular weight excluding hydrogens is 310 g/mol. The maximum absolute atomic E-state index is 12.1. The maximum Gasteiger partial charge on any atom is 0.339 e. The van der Waals surface area contributed by atoms with Gasteiger partial charge in [0.05, 0.1) is 18.0 Å². The molecule has 1 aromatic rings. The second-order valence-corrected chi connectivity index (χ2v) is 6.71. The van der Waals surface area contributed by atoms with Crippen LogP contribution in [0.4, 0.5) is 0 Å². The minimum absolute atomic E-state index is 0.253. The highest BCUT2D eigenvalue weighted by molar-refractivity contribution is 5.95. The zero-order valence-electron chi connectivity index (χ0n) is 14.8. The topological polar surface area (TPSA) is 95.7 Å². The molecule has 0 aliphatic rings. The van der Waals surface area contributed by atoms with Gasteiger partial charge in [0.25, 0.3) is 0 Å². The lowest BCUT2D eigenvalue weighted by molar-refractivity contribution is -0.156. The fourth-order valence-electron chi connectivity index (χ4n) is 2.13. The van der Waals surface area contributed by atoms with E-state index in [1.165, 1.54) is 0 Å². The van der Waals surface area contributed by atoms with Gasteiger partial charge in [-0.05, 0) is 45.7 Å². The molecule has 132 valence electrons. The molecule has 0 radical (unpaired) electrons. The average Bonchev–Trinajstić information content (AvgIpc) is 2.42. The van der Waals surface area contributed by atoms with Crippen LogP contribution in [0.3, 0.4) is 0 Å². The van der Waals surface area contributed by atoms with Gasteiger partial charge in [0.1, 0.15) is 5.60 Å². The number of nitrogens with two attached hydrogens (primary N) is 1. The van der Waals surface area contributed by atoms with E-state index in [1.807, 2.05) is 6.07 Å². The molecule has 0 heterocycles. The van der Waals surface area contributed by atoms with Gasteiger partial charge in [-0.2, -0.15) is 0 Å². The Morgan fingerprint density at radius 3 is 2.17 bits per heavy atom. The van der Waals surface area contributed by atoms with E-state index in [9.17, 15) is 14.4 Å². The number of Topliss-reactive ketones (excluding diaryl/α,β-unsaturated/α-hetero) is 1. The molecule has 0 saturated heterocycles. The maximum atomic E-state index is 12.1. The van der Waals surface area contributed by atoms with Crippen LogP contribution in [0, 0.1) is 13.8 Å². The summed E-state index contributed by atoms with van der Waals surface area (Å²) in [5, 5.41) is 0. The number of carbonyl (C=O) groups is 3. The van der Waals surface area contributed by atoms with Crippen molar-refractivity contribution in [3.8, 4) is 0 Å². The first kappa shape index (κ1) is 19.8. The van der Waals surface area contributed by atoms with E-state index >= 15 is 0 Å². The van der Waals surface area contributed by atoms with E-state index < -0.39 is 36.0 Å². The molecule has 1 atom stereocenters. The summed E-state index contributed by atoms with van der Waals surface area (Å²) < 4.78 is 10.1. The van der Waals surface area contributed by atoms with Crippen LogP contribution in [0.25, 0.3) is 0 Å². The van der Waals surface area contributed by atoms with Crippen LogP contribution in [0.15, 0.2) is 18.2 Å². The Bertz CT molecular complexity index is 611. The summed E-state index contributed by atoms with van der Waals surface area (Å²) >= 11 is 0. The number of carbonyl (C=O) groups excluding carboxylic acids is 3. The SMILES string of the molecule is Cc1cccc(C)c1C(=O)OCC(=O)C(N)CC(=O)OC(C)(C)C. The Hall–Kier alpha value is -2.21. The van der Waals surface area contributed by atoms with Crippen molar-refractivity contribution in [3.05, 3.63) is 34.9 Å². The molecule has 6 heteroatoms. The average molecular weight is 335 g/mol. The second-order valence-electron chi connectivity index (χ2n) is 6.71. The van der Waals surface area contributed by atoms with Gasteiger partial charge in [-0.3, -0.25) is 9.59 Å². The molecule has 0 saturated carbocycles. The molecule has 0 aliphatic carbocycles. The summed E-state index contributed by atoms with van der Waals surface area (Å²) in [6.07, 6.45) is -0.253. The summed E-state index contributed by atoms with van der Waals surface area (Å²) in [5.41, 5.74) is 7.01. The summed E-state index contributed by atoms with van der Waals surface area (Å²) in [6, 6.07) is 4.36. The van der Waals surface area contributed by atoms with Crippen LogP contribution in [0.1, 0.15) is 48.7 Å². The highest BCUT2D eigenvalue weighted by Crippen LogP contribution is 2.14. The first-order valence-corrected chi connectivity index (χ1v) is 7.74. The smallest absolute Gasteiger partial charge is 0.339 e. The third-order valence-corrected chi connectivity index (χ3v) is 3.25. The van der Waals surface area contributed by atoms with Crippen molar-refractivity contribution in [3.63, 3.8) is 0 Å². The second kappa shape index (κ2) is 8.06. The van der Waals surface area contributed by atoms with E-state index in [0.717, 1.165) is 11.1 Å². The van der Waals surface area contributed by atoms with E-state index in [-0.39, 0.29) is 6.42 Å². The molecule has 0 amide bonds. The van der Waals surface area contributed by atoms with Crippen molar-refractivity contribution < 1.29 is 23.9 Å². The third-order valence-electron chi connectivity index (χ3n) is 3.25. The predicted molar refractivity (Wildman–Crippen MR) is 89.6 cm³/mol. The van der Waals surface area contributed by atoms with E-state index in [0.29, 0.717) is 5.56 Å². The number of ketones is 1. The number of hydrogen-bond donors (Lipinski definition) is 1. The highest BCUT2D eigenvalue weighted by atomic mass is 16.6. The summed E-state index contributed by atoms with van der Waals surface area (Å²) in [5.74, 6) is -1.67. The Labute approximate surface area is 142 Å². The standard InChI is InChI=1S/C18H25NO5/c1-11-7-6-8-12(2)16(11)17(22)23-10-14(20)13(19)9-15(21)24-18(3,4)5/h6-8,13H,9-10,19H2,1-5H3. The Morgan fingerprint density at radius 2 is 1.67 bits per heavy atom. The number of hydrogen-bond acceptors (Lipinski definition) is 6. The molecular formula is C18H25NO5. The van der Waals surface area contributed by atoms with Crippen LogP contribution in [0.5, 0.6) is 0 Å². The lowest BCUT2D eigenvalue weighted by Crippen LogP contribution is -2.38. The number of rotatable bonds is 6. The Balaban J connectivity index is 2.56. The van der Waals surface area contributed by atoms with E-state index in [2.05, 4.69) is 0 Å². The van der Waals surface area contributed by atoms with Gasteiger partial charge in [0, 0.05) is 0 Å². The summed E-state index contributed by atoms with van der Waals surface area (Å²) in [4.78, 5) is 35.7. The van der Waals surface area contributed by atoms with Crippen LogP contribution < -0.4 is 5.73 Å². The number of ether oxygens (including phenoxy) is 2. The molecule has 1 aromatic carbocycles. The Kier molecular flexibility index (Phi) is 6.66. The van der Waals surface area contributed by atoms with E-state index in [1.54, 1.807) is 46.8 Å². The van der Waals surface area contributed by atoms with Gasteiger partial charge in [0.2, 0.25) is 0 Å². The quantitative estimate of drug-likeness (QED) is 0.800. The fraction of sp³-hybridized carbons (Fsp3) is 0.500. The van der Waals surface area contributed by atoms with Crippen molar-refractivity contribution in [1.29, 1.82) is 0 Å². The van der Waals surface area contributed by atoms with E-state index in [4.69, 9.17) is 15.2 Å². The number of esters is 2. The van der Waals surface area contributed by atoms with Gasteiger partial charge >= 0.3 is 11.9 Å². The van der Waals surface area contributed by atoms with Gasteiger partial charge in [-0.1, -0.05) is 18.2 Å². The van der Waals surface area contributed by atoms with Crippen molar-refractivity contribution in [2.75, 3.05) is 6.61 Å². The van der Waals surface area contributed by atoms with Crippen molar-refractivity contribution in [2.24, 2.45) is 5.73 Å². The molecule has 6 nitrogen and oxygen atoms in total. The minimum Gasteiger partial charge on any atom is -0.460 e. The molecule has 2 N–H and O–H groups in total. The first-order valence-electron chi connectivity index (χ1n) is 7.74. The van der Waals surface area contributed by atoms with Gasteiger partial charge < -0.3 is 15.2 Å². The molecule has 0 aliphatic heterocycles. The Morgan fingerprint density at radius 1 is 1.12 bits per heavy atom. The lowest BCUT2D eigenvalue weighted by Gasteiger charge is -2.20. The van der Waals surface area contributed by atoms with Gasteiger partial charge in [-0.25, -0.2) is 4.79 Å². The molecule has 1 rings (SSSR count). The van der Waals surface area contributed by atoms with Crippen molar-refractivity contribution in [2.45, 2.75) is 52.7 Å². The molecule has 0 aromatic heterocycles. The zero-order valence-corrected chi connectivity index (χ0v) is 14.8. The summed E-state index contributed by atoms with van der Waals surface area (Å²) in [7, 11) is 0. The lowest BCUT2D eigenvalue weighted by atomic mass is 10.0. The van der Waals surface area contributed by atoms with Crippen molar-refractivity contribution in [1.82, 2.24) is 0 Å². The zero-order chi connectivity index (χ0) is 18.5. The van der Waals surface area contributed by atoms with Crippen LogP contribution >= 0.6 is 0 Å². The first-order chi connectivity index (χ1) is 11.0. The van der Waals surface area contributed by atoms with Gasteiger partial charge in [-0.15, -0.1) is 0 Å². The molecule has 24 heavy (non-hydrogen) atoms. The van der Waals surface area contributed by atoms with Gasteiger partial charge in [0.15, 0.2) is 12.4 Å². The molecule has 1 unspecified atom stereocenters. The summed E-state index contributed by atoms with van der Waals surface area (Å²) in [6.45, 7) is 8.29. The molecule has 0 fully saturated rings. The largest absolute Gasteiger partial charge is 0.460 e. The fourth-order valence-corrected chi connectivity index (χ4v) is 2.13. The van der Waals surface area contributed by atoms with Crippen LogP contribution in [-0.2, 0) is 19.1 Å². The monoisotopic (exact) mass is 335 g/mol. The number of aryl methyl sites for hydroxylation is 2. The van der Waals surface area contributed by atoms with Crippen LogP contribution in [-0.4, -0.2) is 36.0 Å².